The highest BCUT2D eigenvalue weighted by Crippen LogP contribution is 2.09. The molecule has 0 aromatic carbocycles. The molecule has 10 heavy (non-hydrogen) atoms. The van der Waals surface area contributed by atoms with Gasteiger partial charge in [-0.25, -0.2) is 0 Å². The van der Waals surface area contributed by atoms with E-state index in [2.05, 4.69) is 13.8 Å². The fraction of sp³-hybridized carbons (Fsp3) is 0.857. The van der Waals surface area contributed by atoms with Crippen molar-refractivity contribution < 1.29 is 4.79 Å². The number of likely N-dealkylation sites (tertiary alicyclic amines) is 1. The number of carbonyl (C=O) groups is 1. The van der Waals surface area contributed by atoms with Crippen LogP contribution in [0.4, 0.5) is 0 Å². The summed E-state index contributed by atoms with van der Waals surface area (Å²) in [7, 11) is 0. The minimum Gasteiger partial charge on any atom is -0.339 e. The molecule has 1 aliphatic rings. The zero-order valence-corrected chi connectivity index (χ0v) is 6.50. The highest BCUT2D eigenvalue weighted by molar-refractivity contribution is 5.87. The van der Waals surface area contributed by atoms with Crippen LogP contribution in [0.2, 0.25) is 0 Å². The van der Waals surface area contributed by atoms with E-state index in [0.717, 1.165) is 13.1 Å². The van der Waals surface area contributed by atoms with Gasteiger partial charge in [0.2, 0.25) is 5.91 Å². The Kier molecular flexibility index (Phi) is 1.94. The normalized spacial score (nSPS) is 25.4. The van der Waals surface area contributed by atoms with E-state index in [1.54, 1.807) is 4.90 Å². The first kappa shape index (κ1) is 7.54. The predicted molar refractivity (Wildman–Crippen MR) is 39.4 cm³/mol. The summed E-state index contributed by atoms with van der Waals surface area (Å²) < 4.78 is 0. The highest BCUT2D eigenvalue weighted by Gasteiger charge is 2.32. The third kappa shape index (κ3) is 1.29. The molecule has 0 saturated carbocycles. The van der Waals surface area contributed by atoms with Crippen molar-refractivity contribution in [1.82, 2.24) is 4.90 Å². The molecule has 58 valence electrons. The lowest BCUT2D eigenvalue weighted by Gasteiger charge is -2.37. The number of hydrogen-bond donors (Lipinski definition) is 1. The van der Waals surface area contributed by atoms with Crippen molar-refractivity contribution in [2.45, 2.75) is 19.9 Å². The minimum atomic E-state index is -0.209. The first-order valence-corrected chi connectivity index (χ1v) is 3.65. The monoisotopic (exact) mass is 142 g/mol. The Labute approximate surface area is 61.2 Å². The molecular formula is C7H14N2O. The summed E-state index contributed by atoms with van der Waals surface area (Å²) in [6.07, 6.45) is 0. The van der Waals surface area contributed by atoms with Crippen LogP contribution in [0.1, 0.15) is 13.8 Å². The molecule has 1 unspecified atom stereocenters. The first-order chi connectivity index (χ1) is 4.61. The summed E-state index contributed by atoms with van der Waals surface area (Å²) in [5.74, 6) is 0.658. The van der Waals surface area contributed by atoms with Crippen LogP contribution >= 0.6 is 0 Å². The van der Waals surface area contributed by atoms with E-state index in [4.69, 9.17) is 5.73 Å². The van der Waals surface area contributed by atoms with Gasteiger partial charge >= 0.3 is 0 Å². The molecule has 1 atom stereocenters. The van der Waals surface area contributed by atoms with Crippen molar-refractivity contribution in [3.63, 3.8) is 0 Å². The van der Waals surface area contributed by atoms with Crippen LogP contribution in [0.3, 0.4) is 0 Å². The van der Waals surface area contributed by atoms with Gasteiger partial charge in [-0.1, -0.05) is 13.8 Å². The van der Waals surface area contributed by atoms with Gasteiger partial charge < -0.3 is 10.6 Å². The van der Waals surface area contributed by atoms with Gasteiger partial charge in [0, 0.05) is 13.1 Å². The molecule has 0 bridgehead atoms. The lowest BCUT2D eigenvalue weighted by atomic mass is 10.1. The minimum absolute atomic E-state index is 0.105. The van der Waals surface area contributed by atoms with Gasteiger partial charge in [-0.2, -0.15) is 0 Å². The molecule has 3 heteroatoms. The Morgan fingerprint density at radius 2 is 2.40 bits per heavy atom. The van der Waals surface area contributed by atoms with Gasteiger partial charge in [0.1, 0.15) is 6.04 Å². The fourth-order valence-corrected chi connectivity index (χ4v) is 1.13. The van der Waals surface area contributed by atoms with Crippen LogP contribution in [0.25, 0.3) is 0 Å². The molecule has 1 amide bonds. The Morgan fingerprint density at radius 3 is 2.70 bits per heavy atom. The second-order valence-corrected chi connectivity index (χ2v) is 3.24. The second kappa shape index (κ2) is 2.58. The van der Waals surface area contributed by atoms with Gasteiger partial charge in [0.15, 0.2) is 0 Å². The molecule has 0 aromatic rings. The van der Waals surface area contributed by atoms with E-state index in [9.17, 15) is 4.79 Å². The molecule has 1 heterocycles. The van der Waals surface area contributed by atoms with Crippen LogP contribution in [-0.2, 0) is 4.79 Å². The first-order valence-electron chi connectivity index (χ1n) is 3.65. The highest BCUT2D eigenvalue weighted by atomic mass is 16.2. The van der Waals surface area contributed by atoms with E-state index in [1.165, 1.54) is 0 Å². The van der Waals surface area contributed by atoms with Crippen molar-refractivity contribution >= 4 is 5.91 Å². The lowest BCUT2D eigenvalue weighted by Crippen LogP contribution is -2.61. The van der Waals surface area contributed by atoms with Crippen LogP contribution in [0, 0.1) is 5.92 Å². The molecule has 0 radical (unpaired) electrons. The van der Waals surface area contributed by atoms with E-state index in [-0.39, 0.29) is 11.9 Å². The number of hydrogen-bond acceptors (Lipinski definition) is 2. The largest absolute Gasteiger partial charge is 0.339 e. The number of nitrogens with zero attached hydrogens (tertiary/aromatic N) is 1. The van der Waals surface area contributed by atoms with Crippen LogP contribution in [0.5, 0.6) is 0 Å². The van der Waals surface area contributed by atoms with E-state index in [0.29, 0.717) is 5.92 Å². The molecule has 1 rings (SSSR count). The topological polar surface area (TPSA) is 46.3 Å². The molecule has 0 aliphatic carbocycles. The van der Waals surface area contributed by atoms with Gasteiger partial charge in [-0.15, -0.1) is 0 Å². The molecule has 2 N–H and O–H groups in total. The van der Waals surface area contributed by atoms with Crippen LogP contribution in [-0.4, -0.2) is 29.9 Å². The summed E-state index contributed by atoms with van der Waals surface area (Å²) >= 11 is 0. The van der Waals surface area contributed by atoms with Gasteiger partial charge in [-0.05, 0) is 5.92 Å². The maximum Gasteiger partial charge on any atom is 0.241 e. The number of β-lactam (4-membered cyclic amide) rings is 1. The standard InChI is InChI=1S/C7H14N2O/c1-5(2)3-9-4-6(8)7(9)10/h5-6H,3-4,8H2,1-2H3. The zero-order chi connectivity index (χ0) is 7.72. The van der Waals surface area contributed by atoms with E-state index in [1.807, 2.05) is 0 Å². The SMILES string of the molecule is CC(C)CN1CC(N)C1=O. The quantitative estimate of drug-likeness (QED) is 0.543. The number of amides is 1. The van der Waals surface area contributed by atoms with E-state index < -0.39 is 0 Å². The summed E-state index contributed by atoms with van der Waals surface area (Å²) in [6, 6.07) is -0.209. The number of carbonyl (C=O) groups excluding carboxylic acids is 1. The summed E-state index contributed by atoms with van der Waals surface area (Å²) in [5.41, 5.74) is 5.40. The van der Waals surface area contributed by atoms with Gasteiger partial charge in [-0.3, -0.25) is 4.79 Å². The molecule has 0 aromatic heterocycles. The van der Waals surface area contributed by atoms with Crippen molar-refractivity contribution in [2.24, 2.45) is 11.7 Å². The maximum atomic E-state index is 10.9. The maximum absolute atomic E-state index is 10.9. The number of nitrogens with two attached hydrogens (primary N) is 1. The Balaban J connectivity index is 2.27. The third-order valence-corrected chi connectivity index (χ3v) is 1.63. The molecule has 1 saturated heterocycles. The van der Waals surface area contributed by atoms with Crippen LogP contribution < -0.4 is 5.73 Å². The second-order valence-electron chi connectivity index (χ2n) is 3.24. The molecule has 0 spiro atoms. The predicted octanol–water partition coefficient (Wildman–Crippen LogP) is -0.188. The van der Waals surface area contributed by atoms with Crippen molar-refractivity contribution in [3.8, 4) is 0 Å². The third-order valence-electron chi connectivity index (χ3n) is 1.63. The zero-order valence-electron chi connectivity index (χ0n) is 6.50. The molecule has 1 fully saturated rings. The average Bonchev–Trinajstić information content (AvgIpc) is 1.86. The summed E-state index contributed by atoms with van der Waals surface area (Å²) in [5, 5.41) is 0. The summed E-state index contributed by atoms with van der Waals surface area (Å²) in [6.45, 7) is 5.79. The molecule has 1 aliphatic heterocycles. The smallest absolute Gasteiger partial charge is 0.241 e. The average molecular weight is 142 g/mol. The molecular weight excluding hydrogens is 128 g/mol. The number of rotatable bonds is 2. The van der Waals surface area contributed by atoms with Crippen molar-refractivity contribution in [2.75, 3.05) is 13.1 Å². The van der Waals surface area contributed by atoms with Crippen molar-refractivity contribution in [1.29, 1.82) is 0 Å². The van der Waals surface area contributed by atoms with Gasteiger partial charge in [0.05, 0.1) is 0 Å². The van der Waals surface area contributed by atoms with Crippen molar-refractivity contribution in [3.05, 3.63) is 0 Å². The molecule has 3 nitrogen and oxygen atoms in total. The Bertz CT molecular complexity index is 145. The lowest BCUT2D eigenvalue weighted by molar-refractivity contribution is -0.142. The van der Waals surface area contributed by atoms with Crippen LogP contribution in [0.15, 0.2) is 0 Å². The van der Waals surface area contributed by atoms with E-state index >= 15 is 0 Å². The Hall–Kier alpha value is -0.570. The fourth-order valence-electron chi connectivity index (χ4n) is 1.13. The van der Waals surface area contributed by atoms with Gasteiger partial charge in [0.25, 0.3) is 0 Å². The Morgan fingerprint density at radius 1 is 1.80 bits per heavy atom. The summed E-state index contributed by atoms with van der Waals surface area (Å²) in [4.78, 5) is 12.7.